The average molecular weight is 260 g/mol. The molecule has 0 saturated heterocycles. The maximum Gasteiger partial charge on any atom is 0.121 e. The number of phenolic OH excluding ortho intramolecular Hbond substituents is 1. The van der Waals surface area contributed by atoms with E-state index in [1.165, 1.54) is 0 Å². The quantitative estimate of drug-likeness (QED) is 0.699. The van der Waals surface area contributed by atoms with Crippen LogP contribution < -0.4 is 5.32 Å². The third kappa shape index (κ3) is 5.37. The number of methoxy groups -OCH3 is 1. The first-order chi connectivity index (χ1) is 8.25. The Labute approximate surface area is 106 Å². The summed E-state index contributed by atoms with van der Waals surface area (Å²) in [5.41, 5.74) is 0.714. The predicted octanol–water partition coefficient (Wildman–Crippen LogP) is 1.80. The van der Waals surface area contributed by atoms with Crippen molar-refractivity contribution in [3.05, 3.63) is 28.8 Å². The molecule has 0 bridgehead atoms. The van der Waals surface area contributed by atoms with Gasteiger partial charge in [0.15, 0.2) is 0 Å². The van der Waals surface area contributed by atoms with Gasteiger partial charge < -0.3 is 19.9 Å². The van der Waals surface area contributed by atoms with Gasteiger partial charge in [0.2, 0.25) is 0 Å². The lowest BCUT2D eigenvalue weighted by molar-refractivity contribution is 0.0719. The summed E-state index contributed by atoms with van der Waals surface area (Å²) in [6.07, 6.45) is 0. The van der Waals surface area contributed by atoms with Crippen molar-refractivity contribution in [1.82, 2.24) is 5.32 Å². The van der Waals surface area contributed by atoms with Crippen molar-refractivity contribution in [3.63, 3.8) is 0 Å². The largest absolute Gasteiger partial charge is 0.508 e. The van der Waals surface area contributed by atoms with Crippen molar-refractivity contribution in [2.24, 2.45) is 0 Å². The minimum absolute atomic E-state index is 0.213. The van der Waals surface area contributed by atoms with Crippen LogP contribution in [0, 0.1) is 0 Å². The molecule has 1 aromatic carbocycles. The number of phenols is 1. The Kier molecular flexibility index (Phi) is 6.96. The van der Waals surface area contributed by atoms with Gasteiger partial charge in [0.25, 0.3) is 0 Å². The van der Waals surface area contributed by atoms with Gasteiger partial charge in [0.05, 0.1) is 19.8 Å². The molecule has 0 amide bonds. The predicted molar refractivity (Wildman–Crippen MR) is 67.5 cm³/mol. The van der Waals surface area contributed by atoms with Crippen molar-refractivity contribution < 1.29 is 14.6 Å². The zero-order valence-electron chi connectivity index (χ0n) is 9.91. The highest BCUT2D eigenvalue weighted by atomic mass is 35.5. The summed E-state index contributed by atoms with van der Waals surface area (Å²) in [4.78, 5) is 0. The molecule has 0 spiro atoms. The van der Waals surface area contributed by atoms with Gasteiger partial charge in [0.1, 0.15) is 5.75 Å². The van der Waals surface area contributed by atoms with Crippen LogP contribution in [0.5, 0.6) is 5.75 Å². The zero-order chi connectivity index (χ0) is 12.5. The fraction of sp³-hybridized carbons (Fsp3) is 0.500. The van der Waals surface area contributed by atoms with Crippen LogP contribution in [0.15, 0.2) is 18.2 Å². The molecule has 1 rings (SSSR count). The first-order valence-corrected chi connectivity index (χ1v) is 5.87. The Bertz CT molecular complexity index is 313. The van der Waals surface area contributed by atoms with Crippen LogP contribution in [0.2, 0.25) is 5.02 Å². The topological polar surface area (TPSA) is 50.7 Å². The highest BCUT2D eigenvalue weighted by Gasteiger charge is 2.04. The lowest BCUT2D eigenvalue weighted by Gasteiger charge is -2.09. The van der Waals surface area contributed by atoms with Crippen molar-refractivity contribution in [3.8, 4) is 5.75 Å². The van der Waals surface area contributed by atoms with Crippen LogP contribution in [0.4, 0.5) is 0 Å². The van der Waals surface area contributed by atoms with Gasteiger partial charge in [-0.1, -0.05) is 17.7 Å². The van der Waals surface area contributed by atoms with Crippen molar-refractivity contribution in [1.29, 1.82) is 0 Å². The standard InChI is InChI=1S/C12H18ClNO3/c1-16-7-8-17-6-5-14-9-10-11(13)3-2-4-12(10)15/h2-4,14-15H,5-9H2,1H3. The molecular weight excluding hydrogens is 242 g/mol. The molecule has 4 nitrogen and oxygen atoms in total. The maximum atomic E-state index is 9.59. The van der Waals surface area contributed by atoms with E-state index in [1.807, 2.05) is 0 Å². The normalized spacial score (nSPS) is 10.7. The van der Waals surface area contributed by atoms with Crippen molar-refractivity contribution in [2.75, 3.05) is 33.5 Å². The lowest BCUT2D eigenvalue weighted by atomic mass is 10.2. The molecule has 0 radical (unpaired) electrons. The number of rotatable bonds is 8. The van der Waals surface area contributed by atoms with E-state index in [0.717, 1.165) is 0 Å². The summed E-state index contributed by atoms with van der Waals surface area (Å²) < 4.78 is 10.1. The zero-order valence-corrected chi connectivity index (χ0v) is 10.7. The molecule has 5 heteroatoms. The third-order valence-electron chi connectivity index (χ3n) is 2.25. The van der Waals surface area contributed by atoms with Crippen LogP contribution in [0.25, 0.3) is 0 Å². The fourth-order valence-electron chi connectivity index (χ4n) is 1.32. The van der Waals surface area contributed by atoms with Crippen LogP contribution in [0.3, 0.4) is 0 Å². The second-order valence-corrected chi connectivity index (χ2v) is 3.93. The Hall–Kier alpha value is -0.810. The first-order valence-electron chi connectivity index (χ1n) is 5.49. The number of benzene rings is 1. The highest BCUT2D eigenvalue weighted by molar-refractivity contribution is 6.31. The SMILES string of the molecule is COCCOCCNCc1c(O)cccc1Cl. The van der Waals surface area contributed by atoms with E-state index >= 15 is 0 Å². The average Bonchev–Trinajstić information content (AvgIpc) is 2.31. The highest BCUT2D eigenvalue weighted by Crippen LogP contribution is 2.24. The molecule has 0 aliphatic heterocycles. The summed E-state index contributed by atoms with van der Waals surface area (Å²) in [5.74, 6) is 0.213. The first kappa shape index (κ1) is 14.3. The van der Waals surface area contributed by atoms with E-state index < -0.39 is 0 Å². The van der Waals surface area contributed by atoms with Gasteiger partial charge in [-0.3, -0.25) is 0 Å². The molecular formula is C12H18ClNO3. The van der Waals surface area contributed by atoms with E-state index in [4.69, 9.17) is 21.1 Å². The van der Waals surface area contributed by atoms with Crippen LogP contribution in [-0.2, 0) is 16.0 Å². The van der Waals surface area contributed by atoms with Gasteiger partial charge in [0, 0.05) is 30.8 Å². The molecule has 1 aromatic rings. The molecule has 0 atom stereocenters. The summed E-state index contributed by atoms with van der Waals surface area (Å²) >= 11 is 5.96. The Morgan fingerprint density at radius 3 is 2.82 bits per heavy atom. The molecule has 0 aromatic heterocycles. The van der Waals surface area contributed by atoms with Crippen LogP contribution in [0.1, 0.15) is 5.56 Å². The molecule has 0 heterocycles. The fourth-order valence-corrected chi connectivity index (χ4v) is 1.56. The van der Waals surface area contributed by atoms with E-state index in [2.05, 4.69) is 5.32 Å². The number of aromatic hydroxyl groups is 1. The van der Waals surface area contributed by atoms with Gasteiger partial charge in [-0.15, -0.1) is 0 Å². The Balaban J connectivity index is 2.18. The number of nitrogens with one attached hydrogen (secondary N) is 1. The summed E-state index contributed by atoms with van der Waals surface area (Å²) in [6.45, 7) is 3.03. The summed E-state index contributed by atoms with van der Waals surface area (Å²) in [5, 5.41) is 13.3. The monoisotopic (exact) mass is 259 g/mol. The maximum absolute atomic E-state index is 9.59. The van der Waals surface area contributed by atoms with Crippen molar-refractivity contribution >= 4 is 11.6 Å². The van der Waals surface area contributed by atoms with E-state index in [-0.39, 0.29) is 5.75 Å². The van der Waals surface area contributed by atoms with Gasteiger partial charge in [-0.2, -0.15) is 0 Å². The summed E-state index contributed by atoms with van der Waals surface area (Å²) in [7, 11) is 1.64. The third-order valence-corrected chi connectivity index (χ3v) is 2.60. The summed E-state index contributed by atoms with van der Waals surface area (Å²) in [6, 6.07) is 5.10. The second-order valence-electron chi connectivity index (χ2n) is 3.52. The minimum atomic E-state index is 0.213. The van der Waals surface area contributed by atoms with E-state index in [0.29, 0.717) is 43.5 Å². The van der Waals surface area contributed by atoms with Crippen molar-refractivity contribution in [2.45, 2.75) is 6.54 Å². The van der Waals surface area contributed by atoms with E-state index in [9.17, 15) is 5.11 Å². The van der Waals surface area contributed by atoms with E-state index in [1.54, 1.807) is 25.3 Å². The molecule has 0 fully saturated rings. The molecule has 2 N–H and O–H groups in total. The number of halogens is 1. The molecule has 96 valence electrons. The van der Waals surface area contributed by atoms with Crippen LogP contribution in [-0.4, -0.2) is 38.6 Å². The van der Waals surface area contributed by atoms with Gasteiger partial charge in [-0.05, 0) is 12.1 Å². The molecule has 0 aliphatic rings. The number of ether oxygens (including phenoxy) is 2. The smallest absolute Gasteiger partial charge is 0.121 e. The minimum Gasteiger partial charge on any atom is -0.508 e. The Morgan fingerprint density at radius 2 is 2.12 bits per heavy atom. The molecule has 0 unspecified atom stereocenters. The molecule has 0 saturated carbocycles. The van der Waals surface area contributed by atoms with Crippen LogP contribution >= 0.6 is 11.6 Å². The molecule has 17 heavy (non-hydrogen) atoms. The van der Waals surface area contributed by atoms with Gasteiger partial charge in [-0.25, -0.2) is 0 Å². The lowest BCUT2D eigenvalue weighted by Crippen LogP contribution is -2.20. The van der Waals surface area contributed by atoms with Gasteiger partial charge >= 0.3 is 0 Å². The number of hydrogen-bond donors (Lipinski definition) is 2. The second kappa shape index (κ2) is 8.31. The molecule has 0 aliphatic carbocycles. The number of hydrogen-bond acceptors (Lipinski definition) is 4. The Morgan fingerprint density at radius 1 is 1.29 bits per heavy atom.